The van der Waals surface area contributed by atoms with Gasteiger partial charge in [0.15, 0.2) is 5.78 Å². The lowest BCUT2D eigenvalue weighted by atomic mass is 9.97. The Hall–Kier alpha value is -4.77. The third kappa shape index (κ3) is 7.28. The summed E-state index contributed by atoms with van der Waals surface area (Å²) in [5, 5.41) is 7.70. The number of alkyl halides is 3. The summed E-state index contributed by atoms with van der Waals surface area (Å²) in [5.41, 5.74) is 1.46. The molecule has 3 aromatic heterocycles. The predicted octanol–water partition coefficient (Wildman–Crippen LogP) is 4.76. The molecule has 3 atom stereocenters. The number of nitrogens with zero attached hydrogens (tertiary/aromatic N) is 6. The number of halogens is 3. The molecule has 1 aliphatic carbocycles. The second kappa shape index (κ2) is 13.6. The van der Waals surface area contributed by atoms with Crippen molar-refractivity contribution < 1.29 is 36.0 Å². The van der Waals surface area contributed by atoms with Crippen molar-refractivity contribution in [1.82, 2.24) is 34.4 Å². The summed E-state index contributed by atoms with van der Waals surface area (Å²) in [6, 6.07) is 4.17. The fourth-order valence-corrected chi connectivity index (χ4v) is 8.89. The third-order valence-electron chi connectivity index (χ3n) is 10.5. The van der Waals surface area contributed by atoms with E-state index in [1.54, 1.807) is 19.3 Å². The van der Waals surface area contributed by atoms with Gasteiger partial charge in [-0.05, 0) is 80.8 Å². The summed E-state index contributed by atoms with van der Waals surface area (Å²) >= 11 is 0. The number of ketones is 1. The number of carbonyl (C=O) groups is 3. The molecule has 0 radical (unpaired) electrons. The van der Waals surface area contributed by atoms with Gasteiger partial charge in [0.1, 0.15) is 35.6 Å². The number of anilines is 1. The molecule has 5 heterocycles. The molecule has 7 rings (SSSR count). The van der Waals surface area contributed by atoms with E-state index in [-0.39, 0.29) is 42.6 Å². The Labute approximate surface area is 303 Å². The Morgan fingerprint density at radius 1 is 1.02 bits per heavy atom. The van der Waals surface area contributed by atoms with Gasteiger partial charge in [-0.1, -0.05) is 18.9 Å². The first-order chi connectivity index (χ1) is 25.0. The van der Waals surface area contributed by atoms with E-state index in [2.05, 4.69) is 30.1 Å². The highest BCUT2D eigenvalue weighted by Gasteiger charge is 2.67. The minimum absolute atomic E-state index is 0.00321. The van der Waals surface area contributed by atoms with Crippen LogP contribution in [0.4, 0.5) is 19.0 Å². The molecule has 1 saturated carbocycles. The van der Waals surface area contributed by atoms with Crippen LogP contribution in [0.25, 0.3) is 22.0 Å². The van der Waals surface area contributed by atoms with Crippen molar-refractivity contribution >= 4 is 44.3 Å². The zero-order valence-corrected chi connectivity index (χ0v) is 30.3. The molecular weight excluding hydrogens is 714 g/mol. The van der Waals surface area contributed by atoms with Crippen LogP contribution in [-0.4, -0.2) is 80.0 Å². The lowest BCUT2D eigenvalue weighted by Gasteiger charge is -2.27. The van der Waals surface area contributed by atoms with Crippen LogP contribution in [0.1, 0.15) is 78.6 Å². The number of carbonyl (C=O) groups excluding carboxylic acids is 3. The molecule has 13 nitrogen and oxygen atoms in total. The average molecular weight is 753 g/mol. The van der Waals surface area contributed by atoms with Gasteiger partial charge in [0.25, 0.3) is 0 Å². The molecule has 0 unspecified atom stereocenters. The summed E-state index contributed by atoms with van der Waals surface area (Å²) in [7, 11) is -3.66. The van der Waals surface area contributed by atoms with E-state index in [4.69, 9.17) is 0 Å². The molecule has 2 aliphatic heterocycles. The number of aromatic nitrogens is 5. The first-order valence-electron chi connectivity index (χ1n) is 17.5. The Bertz CT molecular complexity index is 2240. The summed E-state index contributed by atoms with van der Waals surface area (Å²) < 4.78 is 70.7. The van der Waals surface area contributed by atoms with Crippen LogP contribution in [0.5, 0.6) is 0 Å². The van der Waals surface area contributed by atoms with Crippen LogP contribution in [0.3, 0.4) is 0 Å². The maximum atomic E-state index is 14.4. The number of sulfonamides is 1. The van der Waals surface area contributed by atoms with Gasteiger partial charge < -0.3 is 10.2 Å². The van der Waals surface area contributed by atoms with Gasteiger partial charge in [-0.25, -0.2) is 28.1 Å². The van der Waals surface area contributed by atoms with E-state index in [1.807, 2.05) is 12.1 Å². The van der Waals surface area contributed by atoms with Gasteiger partial charge in [0.2, 0.25) is 21.8 Å². The lowest BCUT2D eigenvalue weighted by Crippen LogP contribution is -2.47. The average Bonchev–Trinajstić information content (AvgIpc) is 3.51. The van der Waals surface area contributed by atoms with E-state index in [0.717, 1.165) is 29.2 Å². The van der Waals surface area contributed by atoms with E-state index in [0.29, 0.717) is 54.4 Å². The van der Waals surface area contributed by atoms with Crippen LogP contribution in [0.15, 0.2) is 36.7 Å². The van der Waals surface area contributed by atoms with E-state index >= 15 is 0 Å². The number of Topliss-reactive ketones (excluding diaryl/α,β-unsaturated/α-hetero) is 1. The molecule has 53 heavy (non-hydrogen) atoms. The lowest BCUT2D eigenvalue weighted by molar-refractivity contribution is -0.141. The van der Waals surface area contributed by atoms with E-state index in [1.165, 1.54) is 29.5 Å². The highest BCUT2D eigenvalue weighted by Crippen LogP contribution is 2.59. The van der Waals surface area contributed by atoms with Crippen molar-refractivity contribution in [2.75, 3.05) is 17.6 Å². The van der Waals surface area contributed by atoms with Crippen LogP contribution in [0, 0.1) is 19.3 Å². The number of benzene rings is 1. The first-order valence-corrected chi connectivity index (χ1v) is 19.2. The fourth-order valence-electron chi connectivity index (χ4n) is 7.66. The maximum Gasteiger partial charge on any atom is 0.433 e. The number of amides is 2. The summed E-state index contributed by atoms with van der Waals surface area (Å²) in [6.45, 7) is 4.35. The summed E-state index contributed by atoms with van der Waals surface area (Å²) in [5.74, 6) is -1.31. The normalized spacial score (nSPS) is 23.4. The number of hydrogen-bond acceptors (Lipinski definition) is 9. The van der Waals surface area contributed by atoms with Crippen LogP contribution >= 0.6 is 0 Å². The SMILES string of the molecule is CC(=O)c1nn2c3c(cc(-c4cnc(C)nc4)cc13)CCCCCCS(=O)(=O)NC[C@@]13C[C@@H](C(=O)Nc4nc(C(F)(F)F)ccc4C)N(C(=O)C2)[C@@H]1C3. The number of hydrogen-bond donors (Lipinski definition) is 2. The molecule has 2 fully saturated rings. The standard InChI is InChI=1S/C36H39F3N8O5S/c1-20-9-10-28(36(37,38)39)43-33(20)44-34(50)27-14-35-15-29(35)47(27)30(49)18-46-32-23(8-6-4-5-7-11-53(51,52)42-19-35)12-24(25-16-40-22(3)41-17-25)13-26(32)31(45-46)21(2)48/h9-10,12-13,16-17,27,29,42H,4-8,11,14-15,18-19H2,1-3H3,(H,43,44,50)/t27-,29+,35-/m0/s1. The maximum absolute atomic E-state index is 14.4. The van der Waals surface area contributed by atoms with Crippen molar-refractivity contribution in [3.8, 4) is 11.1 Å². The quantitative estimate of drug-likeness (QED) is 0.279. The monoisotopic (exact) mass is 752 g/mol. The zero-order valence-electron chi connectivity index (χ0n) is 29.5. The van der Waals surface area contributed by atoms with Crippen LogP contribution in [-0.2, 0) is 38.8 Å². The molecule has 17 heteroatoms. The molecule has 280 valence electrons. The molecule has 1 aromatic carbocycles. The van der Waals surface area contributed by atoms with E-state index < -0.39 is 51.2 Å². The van der Waals surface area contributed by atoms with Gasteiger partial charge in [-0.3, -0.25) is 19.1 Å². The summed E-state index contributed by atoms with van der Waals surface area (Å²) in [4.78, 5) is 55.0. The molecule has 4 aromatic rings. The van der Waals surface area contributed by atoms with Crippen LogP contribution < -0.4 is 10.0 Å². The fraction of sp³-hybridized carbons (Fsp3) is 0.472. The van der Waals surface area contributed by atoms with Crippen molar-refractivity contribution in [2.45, 2.75) is 90.5 Å². The van der Waals surface area contributed by atoms with Crippen LogP contribution in [0.2, 0.25) is 0 Å². The van der Waals surface area contributed by atoms with Crippen molar-refractivity contribution in [3.63, 3.8) is 0 Å². The Morgan fingerprint density at radius 3 is 2.47 bits per heavy atom. The molecule has 0 spiro atoms. The second-order valence-electron chi connectivity index (χ2n) is 14.4. The van der Waals surface area contributed by atoms with Gasteiger partial charge in [-0.15, -0.1) is 0 Å². The van der Waals surface area contributed by atoms with Gasteiger partial charge in [-0.2, -0.15) is 18.3 Å². The van der Waals surface area contributed by atoms with Gasteiger partial charge in [0.05, 0.1) is 11.3 Å². The van der Waals surface area contributed by atoms with Crippen molar-refractivity contribution in [1.29, 1.82) is 0 Å². The zero-order chi connectivity index (χ0) is 37.9. The number of aryl methyl sites for hydroxylation is 3. The molecule has 1 saturated heterocycles. The van der Waals surface area contributed by atoms with Crippen molar-refractivity contribution in [3.05, 3.63) is 65.0 Å². The molecule has 2 amide bonds. The van der Waals surface area contributed by atoms with E-state index in [9.17, 15) is 36.0 Å². The predicted molar refractivity (Wildman–Crippen MR) is 188 cm³/mol. The second-order valence-corrected chi connectivity index (χ2v) is 16.3. The highest BCUT2D eigenvalue weighted by atomic mass is 32.2. The Kier molecular flexibility index (Phi) is 9.37. The van der Waals surface area contributed by atoms with Gasteiger partial charge >= 0.3 is 6.18 Å². The largest absolute Gasteiger partial charge is 0.433 e. The molecule has 3 aliphatic rings. The number of rotatable bonds is 4. The third-order valence-corrected chi connectivity index (χ3v) is 12.0. The smallest absolute Gasteiger partial charge is 0.325 e. The minimum atomic E-state index is -4.75. The first kappa shape index (κ1) is 36.6. The number of nitrogens with one attached hydrogen (secondary N) is 2. The van der Waals surface area contributed by atoms with Gasteiger partial charge in [0, 0.05) is 48.3 Å². The number of piperidine rings is 1. The minimum Gasteiger partial charge on any atom is -0.325 e. The Balaban J connectivity index is 1.29. The van der Waals surface area contributed by atoms with Crippen molar-refractivity contribution in [2.24, 2.45) is 5.41 Å². The molecular formula is C36H39F3N8O5S. The topological polar surface area (TPSA) is 169 Å². The molecule has 2 N–H and O–H groups in total. The molecule has 2 bridgehead atoms. The highest BCUT2D eigenvalue weighted by molar-refractivity contribution is 7.89. The Morgan fingerprint density at radius 2 is 1.75 bits per heavy atom. The summed E-state index contributed by atoms with van der Waals surface area (Å²) in [6.07, 6.45) is 2.26. The number of pyridine rings is 1.